The molecule has 3 aromatic rings. The van der Waals surface area contributed by atoms with E-state index in [4.69, 9.17) is 4.74 Å². The predicted octanol–water partition coefficient (Wildman–Crippen LogP) is 3.39. The fourth-order valence-electron chi connectivity index (χ4n) is 3.05. The number of methoxy groups -OCH3 is 1. The van der Waals surface area contributed by atoms with Crippen LogP contribution in [0.1, 0.15) is 12.8 Å². The number of imidazole rings is 1. The molecular formula is C20H23ClN4O2. The molecule has 7 heteroatoms. The zero-order valence-corrected chi connectivity index (χ0v) is 16.0. The van der Waals surface area contributed by atoms with Crippen molar-refractivity contribution in [3.8, 4) is 11.4 Å². The number of halogens is 1. The normalized spacial score (nSPS) is 13.2. The number of ether oxygens (including phenoxy) is 1. The van der Waals surface area contributed by atoms with Gasteiger partial charge in [0.05, 0.1) is 30.4 Å². The zero-order valence-electron chi connectivity index (χ0n) is 15.1. The molecule has 2 aromatic carbocycles. The van der Waals surface area contributed by atoms with E-state index in [9.17, 15) is 4.79 Å². The number of anilines is 1. The van der Waals surface area contributed by atoms with E-state index in [2.05, 4.69) is 15.6 Å². The van der Waals surface area contributed by atoms with Gasteiger partial charge in [-0.1, -0.05) is 24.3 Å². The second-order valence-corrected chi connectivity index (χ2v) is 6.55. The Morgan fingerprint density at radius 2 is 1.93 bits per heavy atom. The highest BCUT2D eigenvalue weighted by atomic mass is 35.5. The molecule has 0 radical (unpaired) electrons. The maximum atomic E-state index is 12.4. The number of benzene rings is 2. The quantitative estimate of drug-likeness (QED) is 0.653. The molecule has 0 atom stereocenters. The first-order valence-corrected chi connectivity index (χ1v) is 8.87. The maximum Gasteiger partial charge on any atom is 0.240 e. The molecule has 0 saturated heterocycles. The summed E-state index contributed by atoms with van der Waals surface area (Å²) in [7, 11) is 1.64. The molecule has 0 unspecified atom stereocenters. The largest absolute Gasteiger partial charge is 0.495 e. The van der Waals surface area contributed by atoms with Gasteiger partial charge in [0.15, 0.2) is 0 Å². The van der Waals surface area contributed by atoms with Crippen LogP contribution in [0.25, 0.3) is 16.7 Å². The summed E-state index contributed by atoms with van der Waals surface area (Å²) in [6.07, 6.45) is 2.52. The Hall–Kier alpha value is -2.57. The number of hydrogen-bond acceptors (Lipinski definition) is 4. The third-order valence-corrected chi connectivity index (χ3v) is 4.55. The highest BCUT2D eigenvalue weighted by molar-refractivity contribution is 5.93. The first kappa shape index (κ1) is 19.2. The van der Waals surface area contributed by atoms with Crippen molar-refractivity contribution in [2.45, 2.75) is 12.8 Å². The first-order valence-electron chi connectivity index (χ1n) is 8.87. The molecule has 4 rings (SSSR count). The minimum Gasteiger partial charge on any atom is -0.495 e. The molecule has 142 valence electrons. The molecule has 1 aliphatic carbocycles. The van der Waals surface area contributed by atoms with Crippen LogP contribution in [0.3, 0.4) is 0 Å². The molecule has 1 aromatic heterocycles. The smallest absolute Gasteiger partial charge is 0.240 e. The number of rotatable bonds is 7. The molecule has 27 heavy (non-hydrogen) atoms. The summed E-state index contributed by atoms with van der Waals surface area (Å²) in [5.41, 5.74) is 2.57. The van der Waals surface area contributed by atoms with E-state index < -0.39 is 0 Å². The van der Waals surface area contributed by atoms with Gasteiger partial charge in [-0.05, 0) is 49.6 Å². The third kappa shape index (κ3) is 4.23. The average molecular weight is 387 g/mol. The van der Waals surface area contributed by atoms with Crippen molar-refractivity contribution in [3.05, 3.63) is 48.5 Å². The van der Waals surface area contributed by atoms with Gasteiger partial charge in [0.25, 0.3) is 0 Å². The van der Waals surface area contributed by atoms with Gasteiger partial charge in [0, 0.05) is 0 Å². The molecule has 0 aliphatic heterocycles. The van der Waals surface area contributed by atoms with Gasteiger partial charge in [-0.25, -0.2) is 4.98 Å². The van der Waals surface area contributed by atoms with Gasteiger partial charge in [-0.3, -0.25) is 14.7 Å². The summed E-state index contributed by atoms with van der Waals surface area (Å²) in [5, 5.41) is 6.15. The van der Waals surface area contributed by atoms with Gasteiger partial charge in [-0.2, -0.15) is 0 Å². The van der Waals surface area contributed by atoms with Gasteiger partial charge in [0.1, 0.15) is 5.75 Å². The number of amides is 1. The summed E-state index contributed by atoms with van der Waals surface area (Å²) in [6, 6.07) is 15.5. The molecule has 1 fully saturated rings. The summed E-state index contributed by atoms with van der Waals surface area (Å²) < 4.78 is 7.43. The lowest BCUT2D eigenvalue weighted by molar-refractivity contribution is -0.115. The molecule has 1 saturated carbocycles. The maximum absolute atomic E-state index is 12.4. The lowest BCUT2D eigenvalue weighted by atomic mass is 10.2. The Labute approximate surface area is 164 Å². The number of hydrogen-bond donors (Lipinski definition) is 2. The Morgan fingerprint density at radius 1 is 1.19 bits per heavy atom. The third-order valence-electron chi connectivity index (χ3n) is 4.55. The molecule has 2 N–H and O–H groups in total. The fraction of sp³-hybridized carbons (Fsp3) is 0.300. The standard InChI is InChI=1S/C20H22N4O2.ClH/c1-26-18-9-5-4-8-17(18)24-16-7-3-2-6-15(16)22-20(24)23-19(25)13-21-12-14-10-11-14;/h2-9,14,21H,10-13H2,1H3,(H,22,23,25);1H. The van der Waals surface area contributed by atoms with Crippen molar-refractivity contribution < 1.29 is 9.53 Å². The van der Waals surface area contributed by atoms with E-state index in [-0.39, 0.29) is 24.9 Å². The summed E-state index contributed by atoms with van der Waals surface area (Å²) in [4.78, 5) is 17.0. The second kappa shape index (κ2) is 8.41. The van der Waals surface area contributed by atoms with Gasteiger partial charge in [0.2, 0.25) is 11.9 Å². The van der Waals surface area contributed by atoms with E-state index in [0.717, 1.165) is 34.9 Å². The Morgan fingerprint density at radius 3 is 2.70 bits per heavy atom. The highest BCUT2D eigenvalue weighted by Crippen LogP contribution is 2.30. The topological polar surface area (TPSA) is 68.2 Å². The second-order valence-electron chi connectivity index (χ2n) is 6.55. The summed E-state index contributed by atoms with van der Waals surface area (Å²) >= 11 is 0. The zero-order chi connectivity index (χ0) is 17.9. The number of fused-ring (bicyclic) bond motifs is 1. The van der Waals surface area contributed by atoms with Crippen molar-refractivity contribution in [1.29, 1.82) is 0 Å². The van der Waals surface area contributed by atoms with E-state index in [1.54, 1.807) is 7.11 Å². The van der Waals surface area contributed by atoms with Gasteiger partial charge in [-0.15, -0.1) is 12.4 Å². The lowest BCUT2D eigenvalue weighted by Gasteiger charge is -2.13. The molecule has 6 nitrogen and oxygen atoms in total. The molecule has 0 spiro atoms. The minimum absolute atomic E-state index is 0. The Kier molecular flexibility index (Phi) is 5.98. The van der Waals surface area contributed by atoms with Crippen LogP contribution in [0.5, 0.6) is 5.75 Å². The molecule has 0 bridgehead atoms. The van der Waals surface area contributed by atoms with Crippen LogP contribution in [0, 0.1) is 5.92 Å². The van der Waals surface area contributed by atoms with Crippen molar-refractivity contribution >= 4 is 35.3 Å². The number of nitrogens with one attached hydrogen (secondary N) is 2. The number of para-hydroxylation sites is 4. The SMILES string of the molecule is COc1ccccc1-n1c(NC(=O)CNCC2CC2)nc2ccccc21.Cl. The number of carbonyl (C=O) groups is 1. The fourth-order valence-corrected chi connectivity index (χ4v) is 3.05. The predicted molar refractivity (Wildman–Crippen MR) is 109 cm³/mol. The van der Waals surface area contributed by atoms with Crippen LogP contribution in [-0.4, -0.2) is 35.7 Å². The van der Waals surface area contributed by atoms with Crippen molar-refractivity contribution in [2.24, 2.45) is 5.92 Å². The molecule has 1 amide bonds. The lowest BCUT2D eigenvalue weighted by Crippen LogP contribution is -2.30. The number of aromatic nitrogens is 2. The van der Waals surface area contributed by atoms with Crippen molar-refractivity contribution in [2.75, 3.05) is 25.5 Å². The van der Waals surface area contributed by atoms with Crippen LogP contribution in [0.2, 0.25) is 0 Å². The van der Waals surface area contributed by atoms with E-state index in [1.165, 1.54) is 12.8 Å². The van der Waals surface area contributed by atoms with Crippen LogP contribution in [-0.2, 0) is 4.79 Å². The van der Waals surface area contributed by atoms with Crippen molar-refractivity contribution in [3.63, 3.8) is 0 Å². The van der Waals surface area contributed by atoms with E-state index in [1.807, 2.05) is 53.1 Å². The van der Waals surface area contributed by atoms with Crippen LogP contribution in [0.15, 0.2) is 48.5 Å². The highest BCUT2D eigenvalue weighted by Gasteiger charge is 2.21. The summed E-state index contributed by atoms with van der Waals surface area (Å²) in [6.45, 7) is 1.18. The monoisotopic (exact) mass is 386 g/mol. The molecule has 1 aliphatic rings. The van der Waals surface area contributed by atoms with Crippen molar-refractivity contribution in [1.82, 2.24) is 14.9 Å². The Balaban J connectivity index is 0.00000210. The minimum atomic E-state index is -0.0999. The Bertz CT molecular complexity index is 937. The van der Waals surface area contributed by atoms with Crippen LogP contribution < -0.4 is 15.4 Å². The first-order chi connectivity index (χ1) is 12.8. The summed E-state index contributed by atoms with van der Waals surface area (Å²) in [5.74, 6) is 1.85. The number of nitrogens with zero attached hydrogens (tertiary/aromatic N) is 2. The van der Waals surface area contributed by atoms with Gasteiger partial charge < -0.3 is 10.1 Å². The van der Waals surface area contributed by atoms with Crippen LogP contribution >= 0.6 is 12.4 Å². The van der Waals surface area contributed by atoms with E-state index in [0.29, 0.717) is 5.95 Å². The number of carbonyl (C=O) groups excluding carboxylic acids is 1. The molecule has 1 heterocycles. The van der Waals surface area contributed by atoms with Gasteiger partial charge >= 0.3 is 0 Å². The molecular weight excluding hydrogens is 364 g/mol. The van der Waals surface area contributed by atoms with E-state index >= 15 is 0 Å². The average Bonchev–Trinajstić information content (AvgIpc) is 3.41. The van der Waals surface area contributed by atoms with Crippen LogP contribution in [0.4, 0.5) is 5.95 Å².